The molecular weight excluding hydrogens is 262 g/mol. The standard InChI is InChI=1S/C17H31N3O/c21-17(14-18-15-6-2-3-7-15)20-12-8-16(9-13-20)19-10-4-1-5-11-19/h15-16,18H,1-14H2. The SMILES string of the molecule is O=C(CNC1CCCC1)N1CCC(N2CCCCC2)CC1. The monoisotopic (exact) mass is 293 g/mol. The highest BCUT2D eigenvalue weighted by Crippen LogP contribution is 2.21. The number of amides is 1. The highest BCUT2D eigenvalue weighted by Gasteiger charge is 2.27. The van der Waals surface area contributed by atoms with E-state index in [2.05, 4.69) is 15.1 Å². The number of carbonyl (C=O) groups is 1. The number of nitrogens with one attached hydrogen (secondary N) is 1. The van der Waals surface area contributed by atoms with Gasteiger partial charge in [-0.05, 0) is 51.6 Å². The molecule has 0 atom stereocenters. The van der Waals surface area contributed by atoms with Gasteiger partial charge in [0.25, 0.3) is 0 Å². The van der Waals surface area contributed by atoms with E-state index in [0.717, 1.165) is 19.1 Å². The topological polar surface area (TPSA) is 35.6 Å². The van der Waals surface area contributed by atoms with Crippen molar-refractivity contribution in [3.05, 3.63) is 0 Å². The zero-order chi connectivity index (χ0) is 14.5. The molecule has 0 spiro atoms. The Morgan fingerprint density at radius 3 is 2.19 bits per heavy atom. The molecular formula is C17H31N3O. The molecule has 4 heteroatoms. The molecule has 1 amide bonds. The lowest BCUT2D eigenvalue weighted by molar-refractivity contribution is -0.132. The first-order valence-electron chi connectivity index (χ1n) is 9.08. The minimum atomic E-state index is 0.319. The van der Waals surface area contributed by atoms with E-state index in [-0.39, 0.29) is 0 Å². The van der Waals surface area contributed by atoms with Crippen molar-refractivity contribution in [3.63, 3.8) is 0 Å². The highest BCUT2D eigenvalue weighted by molar-refractivity contribution is 5.78. The molecule has 3 aliphatic rings. The predicted molar refractivity (Wildman–Crippen MR) is 85.3 cm³/mol. The molecule has 3 fully saturated rings. The zero-order valence-electron chi connectivity index (χ0n) is 13.4. The molecule has 0 radical (unpaired) electrons. The van der Waals surface area contributed by atoms with Crippen LogP contribution >= 0.6 is 0 Å². The van der Waals surface area contributed by atoms with Crippen molar-refractivity contribution in [1.29, 1.82) is 0 Å². The van der Waals surface area contributed by atoms with Gasteiger partial charge < -0.3 is 15.1 Å². The van der Waals surface area contributed by atoms with Crippen molar-refractivity contribution >= 4 is 5.91 Å². The molecule has 2 aliphatic heterocycles. The van der Waals surface area contributed by atoms with Gasteiger partial charge in [0.2, 0.25) is 5.91 Å². The molecule has 1 saturated carbocycles. The fourth-order valence-electron chi connectivity index (χ4n) is 4.24. The van der Waals surface area contributed by atoms with E-state index in [0.29, 0.717) is 18.5 Å². The second-order valence-corrected chi connectivity index (χ2v) is 7.07. The average molecular weight is 293 g/mol. The van der Waals surface area contributed by atoms with Crippen molar-refractivity contribution in [2.45, 2.75) is 69.9 Å². The molecule has 0 aromatic rings. The van der Waals surface area contributed by atoms with E-state index in [9.17, 15) is 4.79 Å². The van der Waals surface area contributed by atoms with Gasteiger partial charge in [0.1, 0.15) is 0 Å². The Labute approximate surface area is 129 Å². The largest absolute Gasteiger partial charge is 0.341 e. The number of likely N-dealkylation sites (tertiary alicyclic amines) is 2. The van der Waals surface area contributed by atoms with Crippen LogP contribution in [-0.2, 0) is 4.79 Å². The maximum absolute atomic E-state index is 12.3. The van der Waals surface area contributed by atoms with Gasteiger partial charge in [-0.1, -0.05) is 19.3 Å². The second kappa shape index (κ2) is 7.59. The summed E-state index contributed by atoms with van der Waals surface area (Å²) >= 11 is 0. The molecule has 3 rings (SSSR count). The van der Waals surface area contributed by atoms with Crippen LogP contribution in [0.1, 0.15) is 57.8 Å². The summed E-state index contributed by atoms with van der Waals surface area (Å²) in [5.74, 6) is 0.319. The lowest BCUT2D eigenvalue weighted by Crippen LogP contribution is -2.50. The quantitative estimate of drug-likeness (QED) is 0.861. The van der Waals surface area contributed by atoms with Crippen molar-refractivity contribution in [3.8, 4) is 0 Å². The van der Waals surface area contributed by atoms with Crippen molar-refractivity contribution in [2.75, 3.05) is 32.7 Å². The molecule has 2 heterocycles. The summed E-state index contributed by atoms with van der Waals surface area (Å²) in [5.41, 5.74) is 0. The second-order valence-electron chi connectivity index (χ2n) is 7.07. The first kappa shape index (κ1) is 15.3. The minimum absolute atomic E-state index is 0.319. The van der Waals surface area contributed by atoms with Crippen molar-refractivity contribution < 1.29 is 4.79 Å². The number of nitrogens with zero attached hydrogens (tertiary/aromatic N) is 2. The number of hydrogen-bond donors (Lipinski definition) is 1. The molecule has 21 heavy (non-hydrogen) atoms. The van der Waals surface area contributed by atoms with Gasteiger partial charge in [0, 0.05) is 25.2 Å². The van der Waals surface area contributed by atoms with Crippen LogP contribution in [-0.4, -0.2) is 60.5 Å². The Balaban J connectivity index is 1.37. The molecule has 1 aliphatic carbocycles. The molecule has 120 valence electrons. The summed E-state index contributed by atoms with van der Waals surface area (Å²) < 4.78 is 0. The first-order chi connectivity index (χ1) is 10.3. The Morgan fingerprint density at radius 1 is 0.857 bits per heavy atom. The van der Waals surface area contributed by atoms with Gasteiger partial charge in [-0.2, -0.15) is 0 Å². The third-order valence-electron chi connectivity index (χ3n) is 5.62. The Hall–Kier alpha value is -0.610. The molecule has 0 unspecified atom stereocenters. The van der Waals surface area contributed by atoms with Crippen LogP contribution in [0, 0.1) is 0 Å². The van der Waals surface area contributed by atoms with E-state index in [4.69, 9.17) is 0 Å². The lowest BCUT2D eigenvalue weighted by Gasteiger charge is -2.40. The van der Waals surface area contributed by atoms with Crippen LogP contribution < -0.4 is 5.32 Å². The number of hydrogen-bond acceptors (Lipinski definition) is 3. The molecule has 4 nitrogen and oxygen atoms in total. The summed E-state index contributed by atoms with van der Waals surface area (Å²) in [5, 5.41) is 3.45. The summed E-state index contributed by atoms with van der Waals surface area (Å²) in [6.07, 6.45) is 11.6. The van der Waals surface area contributed by atoms with Gasteiger partial charge in [-0.25, -0.2) is 0 Å². The van der Waals surface area contributed by atoms with E-state index in [1.165, 1.54) is 70.9 Å². The number of rotatable bonds is 4. The number of piperidine rings is 2. The fourth-order valence-corrected chi connectivity index (χ4v) is 4.24. The average Bonchev–Trinajstić information content (AvgIpc) is 3.07. The van der Waals surface area contributed by atoms with Crippen LogP contribution in [0.25, 0.3) is 0 Å². The highest BCUT2D eigenvalue weighted by atomic mass is 16.2. The van der Waals surface area contributed by atoms with E-state index < -0.39 is 0 Å². The summed E-state index contributed by atoms with van der Waals surface area (Å²) in [6, 6.07) is 1.33. The van der Waals surface area contributed by atoms with Crippen LogP contribution in [0.4, 0.5) is 0 Å². The number of carbonyl (C=O) groups excluding carboxylic acids is 1. The van der Waals surface area contributed by atoms with Gasteiger partial charge in [0.05, 0.1) is 6.54 Å². The maximum atomic E-state index is 12.3. The molecule has 0 aromatic carbocycles. The zero-order valence-corrected chi connectivity index (χ0v) is 13.4. The third-order valence-corrected chi connectivity index (χ3v) is 5.62. The molecule has 0 aromatic heterocycles. The Bertz CT molecular complexity index is 327. The summed E-state index contributed by atoms with van der Waals surface area (Å²) in [4.78, 5) is 17.0. The van der Waals surface area contributed by atoms with Gasteiger partial charge in [-0.15, -0.1) is 0 Å². The maximum Gasteiger partial charge on any atom is 0.236 e. The van der Waals surface area contributed by atoms with Gasteiger partial charge in [0.15, 0.2) is 0 Å². The first-order valence-corrected chi connectivity index (χ1v) is 9.08. The van der Waals surface area contributed by atoms with E-state index in [1.807, 2.05) is 0 Å². The predicted octanol–water partition coefficient (Wildman–Crippen LogP) is 2.00. The summed E-state index contributed by atoms with van der Waals surface area (Å²) in [7, 11) is 0. The van der Waals surface area contributed by atoms with E-state index in [1.54, 1.807) is 0 Å². The van der Waals surface area contributed by atoms with Gasteiger partial charge >= 0.3 is 0 Å². The smallest absolute Gasteiger partial charge is 0.236 e. The van der Waals surface area contributed by atoms with Crippen LogP contribution in [0.15, 0.2) is 0 Å². The fraction of sp³-hybridized carbons (Fsp3) is 0.941. The molecule has 2 saturated heterocycles. The van der Waals surface area contributed by atoms with Crippen molar-refractivity contribution in [2.24, 2.45) is 0 Å². The van der Waals surface area contributed by atoms with Crippen LogP contribution in [0.5, 0.6) is 0 Å². The third kappa shape index (κ3) is 4.19. The molecule has 0 bridgehead atoms. The molecule has 1 N–H and O–H groups in total. The minimum Gasteiger partial charge on any atom is -0.341 e. The Kier molecular flexibility index (Phi) is 5.53. The lowest BCUT2D eigenvalue weighted by atomic mass is 10.00. The van der Waals surface area contributed by atoms with Gasteiger partial charge in [-0.3, -0.25) is 4.79 Å². The van der Waals surface area contributed by atoms with Crippen molar-refractivity contribution in [1.82, 2.24) is 15.1 Å². The Morgan fingerprint density at radius 2 is 1.52 bits per heavy atom. The summed E-state index contributed by atoms with van der Waals surface area (Å²) in [6.45, 7) is 5.04. The van der Waals surface area contributed by atoms with Crippen LogP contribution in [0.3, 0.4) is 0 Å². The normalized spacial score (nSPS) is 26.4. The van der Waals surface area contributed by atoms with E-state index >= 15 is 0 Å². The van der Waals surface area contributed by atoms with Crippen LogP contribution in [0.2, 0.25) is 0 Å².